The lowest BCUT2D eigenvalue weighted by Crippen LogP contribution is -2.31. The lowest BCUT2D eigenvalue weighted by molar-refractivity contribution is -0.117. The SMILES string of the molecule is CCOC(=O)c1ccccc1NC(=O)Cn1nnc2sc3c(c2c1=O)CC[C@H](C)C3. The minimum absolute atomic E-state index is 0.232. The highest BCUT2D eigenvalue weighted by Gasteiger charge is 2.24. The Bertz CT molecular complexity index is 1180. The Hall–Kier alpha value is -3.07. The molecule has 2 heterocycles. The van der Waals surface area contributed by atoms with E-state index in [2.05, 4.69) is 22.6 Å². The molecule has 0 saturated heterocycles. The summed E-state index contributed by atoms with van der Waals surface area (Å²) in [6.07, 6.45) is 2.82. The fourth-order valence-electron chi connectivity index (χ4n) is 3.70. The van der Waals surface area contributed by atoms with Crippen molar-refractivity contribution in [3.63, 3.8) is 0 Å². The third kappa shape index (κ3) is 3.85. The molecule has 0 spiro atoms. The van der Waals surface area contributed by atoms with Gasteiger partial charge in [-0.1, -0.05) is 24.3 Å². The van der Waals surface area contributed by atoms with Crippen LogP contribution in [0.3, 0.4) is 0 Å². The van der Waals surface area contributed by atoms with Crippen molar-refractivity contribution < 1.29 is 14.3 Å². The second kappa shape index (κ2) is 8.35. The van der Waals surface area contributed by atoms with E-state index in [0.29, 0.717) is 21.8 Å². The quantitative estimate of drug-likeness (QED) is 0.629. The largest absolute Gasteiger partial charge is 0.462 e. The Labute approximate surface area is 176 Å². The number of anilines is 1. The van der Waals surface area contributed by atoms with Crippen LogP contribution in [0.2, 0.25) is 0 Å². The molecule has 2 aromatic heterocycles. The van der Waals surface area contributed by atoms with E-state index in [1.54, 1.807) is 31.2 Å². The van der Waals surface area contributed by atoms with Gasteiger partial charge in [0.1, 0.15) is 6.54 Å². The van der Waals surface area contributed by atoms with E-state index >= 15 is 0 Å². The van der Waals surface area contributed by atoms with E-state index in [4.69, 9.17) is 4.74 Å². The molecule has 0 fully saturated rings. The third-order valence-corrected chi connectivity index (χ3v) is 6.31. The van der Waals surface area contributed by atoms with Gasteiger partial charge in [-0.3, -0.25) is 9.59 Å². The zero-order valence-electron chi connectivity index (χ0n) is 16.8. The van der Waals surface area contributed by atoms with Gasteiger partial charge in [0.25, 0.3) is 5.56 Å². The van der Waals surface area contributed by atoms with Gasteiger partial charge in [0.15, 0.2) is 4.83 Å². The summed E-state index contributed by atoms with van der Waals surface area (Å²) in [6.45, 7) is 3.86. The number of aryl methyl sites for hydroxylation is 1. The number of aromatic nitrogens is 3. The van der Waals surface area contributed by atoms with Crippen molar-refractivity contribution in [2.75, 3.05) is 11.9 Å². The molecule has 0 saturated carbocycles. The summed E-state index contributed by atoms with van der Waals surface area (Å²) in [5.74, 6) is -0.405. The van der Waals surface area contributed by atoms with Gasteiger partial charge in [0.05, 0.1) is 23.2 Å². The van der Waals surface area contributed by atoms with Crippen LogP contribution in [-0.4, -0.2) is 33.5 Å². The average Bonchev–Trinajstić information content (AvgIpc) is 3.09. The fraction of sp³-hybridized carbons (Fsp3) is 0.381. The highest BCUT2D eigenvalue weighted by molar-refractivity contribution is 7.18. The number of rotatable bonds is 5. The molecule has 3 aromatic rings. The monoisotopic (exact) mass is 426 g/mol. The number of benzene rings is 1. The Kier molecular flexibility index (Phi) is 5.63. The van der Waals surface area contributed by atoms with Gasteiger partial charge in [-0.05, 0) is 49.8 Å². The van der Waals surface area contributed by atoms with E-state index in [9.17, 15) is 14.4 Å². The highest BCUT2D eigenvalue weighted by Crippen LogP contribution is 2.35. The van der Waals surface area contributed by atoms with Gasteiger partial charge < -0.3 is 10.1 Å². The van der Waals surface area contributed by atoms with Crippen LogP contribution in [-0.2, 0) is 28.9 Å². The molecular weight excluding hydrogens is 404 g/mol. The van der Waals surface area contributed by atoms with Gasteiger partial charge in [0, 0.05) is 4.88 Å². The lowest BCUT2D eigenvalue weighted by atomic mass is 9.89. The minimum atomic E-state index is -0.522. The molecular formula is C21H22N4O4S. The van der Waals surface area contributed by atoms with Crippen molar-refractivity contribution in [2.45, 2.75) is 39.7 Å². The zero-order valence-corrected chi connectivity index (χ0v) is 17.6. The molecule has 0 unspecified atom stereocenters. The number of para-hydroxylation sites is 1. The zero-order chi connectivity index (χ0) is 21.3. The van der Waals surface area contributed by atoms with Crippen molar-refractivity contribution >= 4 is 39.1 Å². The summed E-state index contributed by atoms with van der Waals surface area (Å²) in [7, 11) is 0. The van der Waals surface area contributed by atoms with E-state index < -0.39 is 11.9 Å². The second-order valence-electron chi connectivity index (χ2n) is 7.40. The number of fused-ring (bicyclic) bond motifs is 3. The standard InChI is InChI=1S/C21H22N4O4S/c1-3-29-21(28)13-6-4-5-7-15(13)22-17(26)11-25-20(27)18-14-9-8-12(2)10-16(14)30-19(18)23-24-25/h4-7,12H,3,8-11H2,1-2H3,(H,22,26)/t12-/m0/s1. The van der Waals surface area contributed by atoms with Crippen LogP contribution < -0.4 is 10.9 Å². The fourth-order valence-corrected chi connectivity index (χ4v) is 5.02. The lowest BCUT2D eigenvalue weighted by Gasteiger charge is -2.17. The number of thiophene rings is 1. The van der Waals surface area contributed by atoms with Crippen molar-refractivity contribution in [1.29, 1.82) is 0 Å². The van der Waals surface area contributed by atoms with Crippen LogP contribution in [0, 0.1) is 5.92 Å². The first-order valence-corrected chi connectivity index (χ1v) is 10.7. The molecule has 4 rings (SSSR count). The molecule has 9 heteroatoms. The smallest absolute Gasteiger partial charge is 0.340 e. The number of hydrogen-bond donors (Lipinski definition) is 1. The molecule has 1 aliphatic carbocycles. The van der Waals surface area contributed by atoms with E-state index in [0.717, 1.165) is 29.5 Å². The molecule has 1 aliphatic rings. The van der Waals surface area contributed by atoms with Crippen LogP contribution in [0.5, 0.6) is 0 Å². The summed E-state index contributed by atoms with van der Waals surface area (Å²) in [5, 5.41) is 11.4. The molecule has 0 bridgehead atoms. The molecule has 0 aliphatic heterocycles. The first-order valence-electron chi connectivity index (χ1n) is 9.92. The Morgan fingerprint density at radius 2 is 2.13 bits per heavy atom. The predicted molar refractivity (Wildman–Crippen MR) is 114 cm³/mol. The van der Waals surface area contributed by atoms with Gasteiger partial charge in [0.2, 0.25) is 5.91 Å². The van der Waals surface area contributed by atoms with Crippen LogP contribution in [0.15, 0.2) is 29.1 Å². The molecule has 1 atom stereocenters. The number of nitrogens with one attached hydrogen (secondary N) is 1. The van der Waals surface area contributed by atoms with E-state index in [1.165, 1.54) is 16.2 Å². The summed E-state index contributed by atoms with van der Waals surface area (Å²) in [5.41, 5.74) is 1.32. The van der Waals surface area contributed by atoms with E-state index in [-0.39, 0.29) is 24.3 Å². The Balaban J connectivity index is 1.58. The molecule has 156 valence electrons. The number of carbonyl (C=O) groups excluding carboxylic acids is 2. The summed E-state index contributed by atoms with van der Waals surface area (Å²) in [4.78, 5) is 39.5. The van der Waals surface area contributed by atoms with Crippen molar-refractivity contribution in [1.82, 2.24) is 15.0 Å². The van der Waals surface area contributed by atoms with Gasteiger partial charge in [-0.25, -0.2) is 9.48 Å². The van der Waals surface area contributed by atoms with Crippen LogP contribution in [0.1, 0.15) is 41.1 Å². The van der Waals surface area contributed by atoms with Crippen molar-refractivity contribution in [2.24, 2.45) is 5.92 Å². The highest BCUT2D eigenvalue weighted by atomic mass is 32.1. The molecule has 8 nitrogen and oxygen atoms in total. The first-order chi connectivity index (χ1) is 14.5. The molecule has 1 aromatic carbocycles. The van der Waals surface area contributed by atoms with E-state index in [1.807, 2.05) is 0 Å². The predicted octanol–water partition coefficient (Wildman–Crippen LogP) is 2.79. The van der Waals surface area contributed by atoms with Crippen molar-refractivity contribution in [3.05, 3.63) is 50.6 Å². The van der Waals surface area contributed by atoms with Gasteiger partial charge >= 0.3 is 5.97 Å². The minimum Gasteiger partial charge on any atom is -0.462 e. The summed E-state index contributed by atoms with van der Waals surface area (Å²) >= 11 is 1.52. The maximum atomic E-state index is 13.0. The maximum absolute atomic E-state index is 13.0. The van der Waals surface area contributed by atoms with Gasteiger partial charge in [-0.2, -0.15) is 0 Å². The molecule has 1 amide bonds. The molecule has 0 radical (unpaired) electrons. The first kappa shape index (κ1) is 20.2. The Morgan fingerprint density at radius 1 is 1.33 bits per heavy atom. The van der Waals surface area contributed by atoms with Crippen LogP contribution in [0.25, 0.3) is 10.2 Å². The van der Waals surface area contributed by atoms with Crippen molar-refractivity contribution in [3.8, 4) is 0 Å². The number of nitrogens with zero attached hydrogens (tertiary/aromatic N) is 3. The average molecular weight is 426 g/mol. The Morgan fingerprint density at radius 3 is 2.93 bits per heavy atom. The molecule has 1 N–H and O–H groups in total. The summed E-state index contributed by atoms with van der Waals surface area (Å²) in [6, 6.07) is 6.57. The molecule has 30 heavy (non-hydrogen) atoms. The van der Waals surface area contributed by atoms with Crippen LogP contribution in [0.4, 0.5) is 5.69 Å². The second-order valence-corrected chi connectivity index (χ2v) is 8.48. The number of ether oxygens (including phenoxy) is 1. The topological polar surface area (TPSA) is 103 Å². The third-order valence-electron chi connectivity index (χ3n) is 5.17. The maximum Gasteiger partial charge on any atom is 0.340 e. The number of hydrogen-bond acceptors (Lipinski definition) is 7. The normalized spacial score (nSPS) is 15.6. The number of esters is 1. The number of amides is 1. The number of carbonyl (C=O) groups is 2. The summed E-state index contributed by atoms with van der Waals surface area (Å²) < 4.78 is 6.10. The van der Waals surface area contributed by atoms with Crippen LogP contribution >= 0.6 is 11.3 Å². The van der Waals surface area contributed by atoms with Gasteiger partial charge in [-0.15, -0.1) is 16.4 Å².